The van der Waals surface area contributed by atoms with E-state index in [1.807, 2.05) is 0 Å². The zero-order chi connectivity index (χ0) is 12.3. The molecule has 1 N–H and O–H groups in total. The fourth-order valence-corrected chi connectivity index (χ4v) is 2.66. The first kappa shape index (κ1) is 13.0. The van der Waals surface area contributed by atoms with E-state index in [0.717, 1.165) is 6.07 Å². The lowest BCUT2D eigenvalue weighted by Gasteiger charge is -2.08. The molecule has 1 rings (SSSR count). The molecule has 88 valence electrons. The molecular formula is C8H8NO5S2-. The van der Waals surface area contributed by atoms with E-state index in [1.165, 1.54) is 29.3 Å². The van der Waals surface area contributed by atoms with Gasteiger partial charge in [-0.05, 0) is 19.1 Å². The highest BCUT2D eigenvalue weighted by Crippen LogP contribution is 2.11. The molecule has 0 aliphatic rings. The van der Waals surface area contributed by atoms with Crippen molar-refractivity contribution in [3.63, 3.8) is 0 Å². The van der Waals surface area contributed by atoms with Gasteiger partial charge in [0.25, 0.3) is 10.0 Å². The number of hydrogen-bond donors (Lipinski definition) is 1. The van der Waals surface area contributed by atoms with Gasteiger partial charge in [0.2, 0.25) is 0 Å². The third kappa shape index (κ3) is 3.20. The first-order valence-electron chi connectivity index (χ1n) is 4.05. The van der Waals surface area contributed by atoms with E-state index in [2.05, 4.69) is 0 Å². The lowest BCUT2D eigenvalue weighted by atomic mass is 10.2. The highest BCUT2D eigenvalue weighted by Gasteiger charge is 2.14. The fraction of sp³-hybridized carbons (Fsp3) is 0.125. The van der Waals surface area contributed by atoms with Crippen LogP contribution in [0.15, 0.2) is 29.2 Å². The fourth-order valence-electron chi connectivity index (χ4n) is 1.02. The van der Waals surface area contributed by atoms with Crippen LogP contribution < -0.4 is 4.13 Å². The topological polar surface area (TPSA) is 103 Å². The van der Waals surface area contributed by atoms with Crippen LogP contribution in [0.1, 0.15) is 17.3 Å². The van der Waals surface area contributed by atoms with Gasteiger partial charge in [0.15, 0.2) is 5.78 Å². The van der Waals surface area contributed by atoms with Gasteiger partial charge in [-0.3, -0.25) is 9.00 Å². The van der Waals surface area contributed by atoms with Gasteiger partial charge in [-0.25, -0.2) is 8.42 Å². The zero-order valence-corrected chi connectivity index (χ0v) is 9.80. The van der Waals surface area contributed by atoms with Gasteiger partial charge < -0.3 is 4.55 Å². The molecule has 1 aromatic rings. The SMILES string of the molecule is CC(=O)c1cccc(S(=O)(=O)NS(=O)[O-])c1. The van der Waals surface area contributed by atoms with Crippen LogP contribution in [0.25, 0.3) is 0 Å². The Morgan fingerprint density at radius 1 is 1.44 bits per heavy atom. The van der Waals surface area contributed by atoms with Crippen molar-refractivity contribution < 1.29 is 22.0 Å². The summed E-state index contributed by atoms with van der Waals surface area (Å²) in [6, 6.07) is 5.10. The number of Topliss-reactive ketones (excluding diaryl/α,β-unsaturated/α-hetero) is 1. The van der Waals surface area contributed by atoms with E-state index in [4.69, 9.17) is 0 Å². The van der Waals surface area contributed by atoms with Gasteiger partial charge in [0.05, 0.1) is 4.90 Å². The quantitative estimate of drug-likeness (QED) is 0.605. The standard InChI is InChI=1S/C8H9NO5S2/c1-6(10)7-3-2-4-8(5-7)16(13,14)9-15(11)12/h2-5,9H,1H3,(H,11,12)/p-1. The van der Waals surface area contributed by atoms with Gasteiger partial charge in [-0.2, -0.15) is 0 Å². The van der Waals surface area contributed by atoms with Gasteiger partial charge in [0.1, 0.15) is 0 Å². The molecule has 0 aliphatic heterocycles. The van der Waals surface area contributed by atoms with Gasteiger partial charge in [-0.1, -0.05) is 12.1 Å². The molecule has 0 amide bonds. The Kier molecular flexibility index (Phi) is 3.92. The molecule has 0 heterocycles. The number of ketones is 1. The third-order valence-electron chi connectivity index (χ3n) is 1.73. The summed E-state index contributed by atoms with van der Waals surface area (Å²) in [4.78, 5) is 10.7. The predicted molar refractivity (Wildman–Crippen MR) is 55.7 cm³/mol. The summed E-state index contributed by atoms with van der Waals surface area (Å²) in [5, 5.41) is 0. The van der Waals surface area contributed by atoms with Gasteiger partial charge in [-0.15, -0.1) is 4.13 Å². The van der Waals surface area contributed by atoms with Crippen LogP contribution in [0, 0.1) is 0 Å². The minimum atomic E-state index is -4.13. The molecule has 0 bridgehead atoms. The van der Waals surface area contributed by atoms with Crippen LogP contribution in [0.3, 0.4) is 0 Å². The average Bonchev–Trinajstić information content (AvgIpc) is 2.16. The van der Waals surface area contributed by atoms with E-state index in [0.29, 0.717) is 0 Å². The maximum atomic E-state index is 11.4. The van der Waals surface area contributed by atoms with Crippen molar-refractivity contribution in [3.8, 4) is 0 Å². The predicted octanol–water partition coefficient (Wildman–Crippen LogP) is -0.0384. The van der Waals surface area contributed by atoms with Crippen molar-refractivity contribution in [1.29, 1.82) is 0 Å². The van der Waals surface area contributed by atoms with E-state index in [-0.39, 0.29) is 16.2 Å². The second-order valence-corrected chi connectivity index (χ2v) is 5.52. The molecular weight excluding hydrogens is 254 g/mol. The second-order valence-electron chi connectivity index (χ2n) is 2.91. The minimum Gasteiger partial charge on any atom is -0.759 e. The first-order valence-corrected chi connectivity index (χ1v) is 6.61. The van der Waals surface area contributed by atoms with Crippen LogP contribution in [0.4, 0.5) is 0 Å². The van der Waals surface area contributed by atoms with Crippen molar-refractivity contribution in [1.82, 2.24) is 4.13 Å². The molecule has 1 atom stereocenters. The summed E-state index contributed by atoms with van der Waals surface area (Å²) < 4.78 is 44.7. The highest BCUT2D eigenvalue weighted by molar-refractivity contribution is 8.00. The van der Waals surface area contributed by atoms with Crippen molar-refractivity contribution in [2.24, 2.45) is 0 Å². The Balaban J connectivity index is 3.19. The number of carbonyl (C=O) groups is 1. The summed E-state index contributed by atoms with van der Waals surface area (Å²) in [5.41, 5.74) is 0.194. The Labute approximate surface area is 95.1 Å². The maximum absolute atomic E-state index is 11.4. The lowest BCUT2D eigenvalue weighted by molar-refractivity contribution is 0.101. The van der Waals surface area contributed by atoms with E-state index in [9.17, 15) is 22.0 Å². The number of benzene rings is 1. The molecule has 0 aliphatic carbocycles. The summed E-state index contributed by atoms with van der Waals surface area (Å²) in [5.74, 6) is -0.305. The largest absolute Gasteiger partial charge is 0.759 e. The molecule has 8 heteroatoms. The maximum Gasteiger partial charge on any atom is 0.250 e. The van der Waals surface area contributed by atoms with Crippen LogP contribution in [0.2, 0.25) is 0 Å². The van der Waals surface area contributed by atoms with E-state index >= 15 is 0 Å². The van der Waals surface area contributed by atoms with Gasteiger partial charge >= 0.3 is 0 Å². The molecule has 0 saturated heterocycles. The van der Waals surface area contributed by atoms with Crippen LogP contribution in [0.5, 0.6) is 0 Å². The smallest absolute Gasteiger partial charge is 0.250 e. The molecule has 0 aromatic heterocycles. The molecule has 16 heavy (non-hydrogen) atoms. The first-order chi connectivity index (χ1) is 7.33. The normalized spacial score (nSPS) is 13.4. The molecule has 1 aromatic carbocycles. The van der Waals surface area contributed by atoms with Crippen molar-refractivity contribution >= 4 is 27.1 Å². The van der Waals surface area contributed by atoms with Crippen molar-refractivity contribution in [2.45, 2.75) is 11.8 Å². The number of nitrogens with one attached hydrogen (secondary N) is 1. The number of rotatable bonds is 4. The minimum absolute atomic E-state index is 0.194. The Bertz CT molecular complexity index is 537. The number of carbonyl (C=O) groups excluding carboxylic acids is 1. The summed E-state index contributed by atoms with van der Waals surface area (Å²) in [7, 11) is -4.13. The summed E-state index contributed by atoms with van der Waals surface area (Å²) in [6.45, 7) is 1.28. The molecule has 0 saturated carbocycles. The lowest BCUT2D eigenvalue weighted by Crippen LogP contribution is -2.25. The number of sulfonamides is 1. The van der Waals surface area contributed by atoms with Crippen LogP contribution in [-0.2, 0) is 21.3 Å². The van der Waals surface area contributed by atoms with E-state index in [1.54, 1.807) is 0 Å². The monoisotopic (exact) mass is 262 g/mol. The Hall–Kier alpha value is -1.09. The second kappa shape index (κ2) is 4.83. The average molecular weight is 262 g/mol. The van der Waals surface area contributed by atoms with Crippen molar-refractivity contribution in [2.75, 3.05) is 0 Å². The van der Waals surface area contributed by atoms with Crippen LogP contribution in [-0.4, -0.2) is 23.0 Å². The highest BCUT2D eigenvalue weighted by atomic mass is 32.3. The van der Waals surface area contributed by atoms with Gasteiger partial charge in [0, 0.05) is 16.8 Å². The summed E-state index contributed by atoms with van der Waals surface area (Å²) in [6.07, 6.45) is 0. The van der Waals surface area contributed by atoms with E-state index < -0.39 is 21.3 Å². The molecule has 1 unspecified atom stereocenters. The zero-order valence-electron chi connectivity index (χ0n) is 8.17. The molecule has 0 fully saturated rings. The van der Waals surface area contributed by atoms with Crippen LogP contribution >= 0.6 is 0 Å². The van der Waals surface area contributed by atoms with Crippen molar-refractivity contribution in [3.05, 3.63) is 29.8 Å². The Morgan fingerprint density at radius 2 is 2.06 bits per heavy atom. The number of hydrogen-bond acceptors (Lipinski definition) is 5. The summed E-state index contributed by atoms with van der Waals surface area (Å²) >= 11 is -2.93. The third-order valence-corrected chi connectivity index (χ3v) is 4.03. The molecule has 6 nitrogen and oxygen atoms in total. The molecule has 0 spiro atoms. The Morgan fingerprint density at radius 3 is 2.56 bits per heavy atom. The molecule has 0 radical (unpaired) electrons.